The van der Waals surface area contributed by atoms with Gasteiger partial charge in [0.15, 0.2) is 14.9 Å². The molecular weight excluding hydrogens is 430 g/mol. The molecule has 0 spiro atoms. The van der Waals surface area contributed by atoms with Crippen molar-refractivity contribution in [3.05, 3.63) is 53.9 Å². The van der Waals surface area contributed by atoms with Crippen LogP contribution < -0.4 is 10.6 Å². The summed E-state index contributed by atoms with van der Waals surface area (Å²) >= 11 is 0. The summed E-state index contributed by atoms with van der Waals surface area (Å²) in [5, 5.41) is 16.1. The maximum absolute atomic E-state index is 12.0. The number of carbonyl (C=O) groups is 1. The van der Waals surface area contributed by atoms with Gasteiger partial charge in [0, 0.05) is 37.2 Å². The molecule has 0 aliphatic carbocycles. The van der Waals surface area contributed by atoms with Crippen molar-refractivity contribution in [3.63, 3.8) is 0 Å². The fourth-order valence-corrected chi connectivity index (χ4v) is 3.66. The third kappa shape index (κ3) is 5.65. The minimum Gasteiger partial charge on any atom is -0.386 e. The molecule has 0 atom stereocenters. The molecule has 0 aromatic carbocycles. The summed E-state index contributed by atoms with van der Waals surface area (Å²) in [6, 6.07) is 8.27. The Morgan fingerprint density at radius 1 is 1.09 bits per heavy atom. The molecule has 0 fully saturated rings. The summed E-state index contributed by atoms with van der Waals surface area (Å²) in [7, 11) is -3.51. The molecule has 0 bridgehead atoms. The zero-order chi connectivity index (χ0) is 23.7. The van der Waals surface area contributed by atoms with Gasteiger partial charge in [-0.3, -0.25) is 9.78 Å². The molecule has 3 heterocycles. The monoisotopic (exact) mass is 455 g/mol. The lowest BCUT2D eigenvalue weighted by Crippen LogP contribution is -2.15. The van der Waals surface area contributed by atoms with Gasteiger partial charge >= 0.3 is 0 Å². The van der Waals surface area contributed by atoms with Gasteiger partial charge < -0.3 is 15.7 Å². The summed E-state index contributed by atoms with van der Waals surface area (Å²) in [4.78, 5) is 24.4. The van der Waals surface area contributed by atoms with Crippen molar-refractivity contribution in [2.45, 2.75) is 38.3 Å². The molecule has 0 aliphatic rings. The van der Waals surface area contributed by atoms with Crippen LogP contribution in [0, 0.1) is 6.92 Å². The molecule has 3 N–H and O–H groups in total. The first-order chi connectivity index (χ1) is 14.8. The van der Waals surface area contributed by atoms with Gasteiger partial charge in [0.25, 0.3) is 0 Å². The smallest absolute Gasteiger partial charge is 0.222 e. The van der Waals surface area contributed by atoms with Gasteiger partial charge in [-0.2, -0.15) is 0 Å². The van der Waals surface area contributed by atoms with Crippen LogP contribution in [0.1, 0.15) is 31.9 Å². The lowest BCUT2D eigenvalue weighted by molar-refractivity contribution is -0.114. The molecule has 168 valence electrons. The molecule has 32 heavy (non-hydrogen) atoms. The lowest BCUT2D eigenvalue weighted by atomic mass is 9.97. The number of hydrogen-bond acceptors (Lipinski definition) is 8. The molecule has 3 aromatic rings. The second-order valence-electron chi connectivity index (χ2n) is 8.05. The summed E-state index contributed by atoms with van der Waals surface area (Å²) in [5.74, 6) is 0.329. The number of carbonyl (C=O) groups excluding carboxylic acids is 1. The molecule has 10 heteroatoms. The fraction of sp³-hybridized carbons (Fsp3) is 0.273. The van der Waals surface area contributed by atoms with E-state index in [9.17, 15) is 18.3 Å². The summed E-state index contributed by atoms with van der Waals surface area (Å²) in [6.45, 7) is 6.49. The topological polar surface area (TPSA) is 134 Å². The Kier molecular flexibility index (Phi) is 6.29. The molecule has 0 saturated heterocycles. The second kappa shape index (κ2) is 8.64. The van der Waals surface area contributed by atoms with Crippen molar-refractivity contribution in [3.8, 4) is 11.3 Å². The number of sulfone groups is 1. The fourth-order valence-electron chi connectivity index (χ4n) is 3.00. The third-order valence-corrected chi connectivity index (χ3v) is 5.51. The van der Waals surface area contributed by atoms with Crippen LogP contribution in [0.3, 0.4) is 0 Å². The third-order valence-electron chi connectivity index (χ3n) is 4.54. The molecule has 0 unspecified atom stereocenters. The summed E-state index contributed by atoms with van der Waals surface area (Å²) < 4.78 is 24.0. The lowest BCUT2D eigenvalue weighted by Gasteiger charge is -2.19. The molecule has 0 saturated carbocycles. The molecular formula is C22H25N5O4S. The average molecular weight is 456 g/mol. The molecule has 1 amide bonds. The van der Waals surface area contributed by atoms with Crippen molar-refractivity contribution in [2.75, 3.05) is 16.9 Å². The Labute approximate surface area is 186 Å². The van der Waals surface area contributed by atoms with E-state index in [0.717, 1.165) is 6.26 Å². The van der Waals surface area contributed by atoms with Crippen LogP contribution in [-0.2, 0) is 20.2 Å². The van der Waals surface area contributed by atoms with E-state index in [0.29, 0.717) is 39.7 Å². The predicted octanol–water partition coefficient (Wildman–Crippen LogP) is 3.18. The standard InChI is InChI=1S/C22H25N5O4S/c1-13-8-20(27-21(9-13)32(5,30)31)26-18-11-19(25-14(2)28)24-12-16(18)17-10-15(6-7-23-17)22(3,4)29/h6-12,29H,1-5H3,(H2,24,25,26,27,28). The number of nitrogens with zero attached hydrogens (tertiary/aromatic N) is 3. The van der Waals surface area contributed by atoms with Crippen LogP contribution in [0.4, 0.5) is 17.3 Å². The van der Waals surface area contributed by atoms with Gasteiger partial charge in [-0.15, -0.1) is 0 Å². The van der Waals surface area contributed by atoms with Gasteiger partial charge in [-0.1, -0.05) is 0 Å². The number of rotatable bonds is 6. The van der Waals surface area contributed by atoms with E-state index in [1.54, 1.807) is 51.2 Å². The Hall–Kier alpha value is -3.37. The predicted molar refractivity (Wildman–Crippen MR) is 122 cm³/mol. The van der Waals surface area contributed by atoms with E-state index in [-0.39, 0.29) is 10.9 Å². The van der Waals surface area contributed by atoms with Crippen molar-refractivity contribution in [1.82, 2.24) is 15.0 Å². The Morgan fingerprint density at radius 3 is 2.44 bits per heavy atom. The van der Waals surface area contributed by atoms with Gasteiger partial charge in [-0.25, -0.2) is 18.4 Å². The number of nitrogens with one attached hydrogen (secondary N) is 2. The van der Waals surface area contributed by atoms with E-state index in [1.807, 2.05) is 0 Å². The highest BCUT2D eigenvalue weighted by Gasteiger charge is 2.19. The van der Waals surface area contributed by atoms with Gasteiger partial charge in [-0.05, 0) is 56.2 Å². The largest absolute Gasteiger partial charge is 0.386 e. The van der Waals surface area contributed by atoms with Crippen molar-refractivity contribution in [2.24, 2.45) is 0 Å². The van der Waals surface area contributed by atoms with Gasteiger partial charge in [0.2, 0.25) is 5.91 Å². The number of pyridine rings is 3. The van der Waals surface area contributed by atoms with Crippen molar-refractivity contribution < 1.29 is 18.3 Å². The van der Waals surface area contributed by atoms with Crippen LogP contribution in [0.5, 0.6) is 0 Å². The Morgan fingerprint density at radius 2 is 1.81 bits per heavy atom. The number of amides is 1. The SMILES string of the molecule is CC(=O)Nc1cc(Nc2cc(C)cc(S(C)(=O)=O)n2)c(-c2cc(C(C)(C)O)ccn2)cn1. The van der Waals surface area contributed by atoms with Crippen LogP contribution in [-0.4, -0.2) is 40.6 Å². The second-order valence-corrected chi connectivity index (χ2v) is 10.0. The van der Waals surface area contributed by atoms with Crippen LogP contribution in [0.15, 0.2) is 47.8 Å². The summed E-state index contributed by atoms with van der Waals surface area (Å²) in [6.07, 6.45) is 4.22. The minimum atomic E-state index is -3.51. The molecule has 3 rings (SSSR count). The van der Waals surface area contributed by atoms with Crippen LogP contribution >= 0.6 is 0 Å². The first-order valence-corrected chi connectivity index (χ1v) is 11.6. The normalized spacial score (nSPS) is 11.8. The number of aryl methyl sites for hydroxylation is 1. The quantitative estimate of drug-likeness (QED) is 0.516. The first-order valence-electron chi connectivity index (χ1n) is 9.75. The number of hydrogen-bond donors (Lipinski definition) is 3. The summed E-state index contributed by atoms with van der Waals surface area (Å²) in [5.41, 5.74) is 1.91. The average Bonchev–Trinajstić information content (AvgIpc) is 2.66. The minimum absolute atomic E-state index is 0.0557. The number of aliphatic hydroxyl groups is 1. The molecule has 9 nitrogen and oxygen atoms in total. The van der Waals surface area contributed by atoms with E-state index in [4.69, 9.17) is 0 Å². The Balaban J connectivity index is 2.14. The highest BCUT2D eigenvalue weighted by atomic mass is 32.2. The van der Waals surface area contributed by atoms with Gasteiger partial charge in [0.1, 0.15) is 11.6 Å². The first kappa shape index (κ1) is 23.3. The van der Waals surface area contributed by atoms with Gasteiger partial charge in [0.05, 0.1) is 17.0 Å². The van der Waals surface area contributed by atoms with E-state index >= 15 is 0 Å². The number of anilines is 3. The van der Waals surface area contributed by atoms with E-state index in [2.05, 4.69) is 25.6 Å². The molecule has 3 aromatic heterocycles. The Bertz CT molecular complexity index is 1280. The maximum Gasteiger partial charge on any atom is 0.222 e. The zero-order valence-corrected chi connectivity index (χ0v) is 19.3. The number of aromatic nitrogens is 3. The zero-order valence-electron chi connectivity index (χ0n) is 18.5. The van der Waals surface area contributed by atoms with E-state index in [1.165, 1.54) is 19.2 Å². The highest BCUT2D eigenvalue weighted by Crippen LogP contribution is 2.32. The van der Waals surface area contributed by atoms with Crippen LogP contribution in [0.2, 0.25) is 0 Å². The van der Waals surface area contributed by atoms with E-state index < -0.39 is 15.4 Å². The van der Waals surface area contributed by atoms with Crippen molar-refractivity contribution >= 4 is 33.1 Å². The van der Waals surface area contributed by atoms with Crippen molar-refractivity contribution in [1.29, 1.82) is 0 Å². The molecule has 0 aliphatic heterocycles. The molecule has 0 radical (unpaired) electrons. The van der Waals surface area contributed by atoms with Crippen LogP contribution in [0.25, 0.3) is 11.3 Å². The maximum atomic E-state index is 12.0. The highest BCUT2D eigenvalue weighted by molar-refractivity contribution is 7.90.